The van der Waals surface area contributed by atoms with Crippen molar-refractivity contribution in [2.75, 3.05) is 0 Å². The maximum Gasteiger partial charge on any atom is 0.200 e. The fraction of sp³-hybridized carbons (Fsp3) is 0. The summed E-state index contributed by atoms with van der Waals surface area (Å²) in [7, 11) is 0. The summed E-state index contributed by atoms with van der Waals surface area (Å²) in [5.41, 5.74) is 0.520. The van der Waals surface area contributed by atoms with Crippen molar-refractivity contribution in [1.29, 1.82) is 0 Å². The monoisotopic (exact) mass is 240 g/mol. The number of hydrogen-bond acceptors (Lipinski definition) is 2. The Balaban J connectivity index is 2.60. The van der Waals surface area contributed by atoms with E-state index in [1.165, 1.54) is 18.5 Å². The molecule has 2 rings (SSSR count). The maximum atomic E-state index is 11.1. The van der Waals surface area contributed by atoms with Gasteiger partial charge in [0.25, 0.3) is 0 Å². The topological polar surface area (TPSA) is 34.9 Å². The highest BCUT2D eigenvalue weighted by atomic mass is 35.5. The van der Waals surface area contributed by atoms with Crippen LogP contribution in [0.1, 0.15) is 0 Å². The summed E-state index contributed by atoms with van der Waals surface area (Å²) < 4.78 is 1.67. The lowest BCUT2D eigenvalue weighted by atomic mass is 10.3. The zero-order chi connectivity index (χ0) is 10.8. The van der Waals surface area contributed by atoms with E-state index in [-0.39, 0.29) is 10.5 Å². The van der Waals surface area contributed by atoms with E-state index in [4.69, 9.17) is 23.2 Å². The van der Waals surface area contributed by atoms with Crippen molar-refractivity contribution in [1.82, 2.24) is 9.55 Å². The summed E-state index contributed by atoms with van der Waals surface area (Å²) >= 11 is 11.7. The van der Waals surface area contributed by atoms with Gasteiger partial charge in [-0.1, -0.05) is 23.2 Å². The van der Waals surface area contributed by atoms with Crippen molar-refractivity contribution in [2.24, 2.45) is 0 Å². The number of nitrogens with zero attached hydrogens (tertiary/aromatic N) is 2. The van der Waals surface area contributed by atoms with Crippen molar-refractivity contribution in [2.45, 2.75) is 0 Å². The van der Waals surface area contributed by atoms with Crippen LogP contribution < -0.4 is 5.43 Å². The summed E-state index contributed by atoms with van der Waals surface area (Å²) in [5, 5.41) is 0.655. The number of aromatic nitrogens is 2. The lowest BCUT2D eigenvalue weighted by Crippen LogP contribution is -2.04. The Kier molecular flexibility index (Phi) is 2.75. The molecule has 0 aliphatic rings. The first-order valence-corrected chi connectivity index (χ1v) is 4.92. The normalized spacial score (nSPS) is 10.3. The molecule has 0 N–H and O–H groups in total. The number of pyridine rings is 2. The average Bonchev–Trinajstić information content (AvgIpc) is 2.23. The Hall–Kier alpha value is -1.32. The first-order valence-electron chi connectivity index (χ1n) is 4.16. The van der Waals surface area contributed by atoms with E-state index in [0.717, 1.165) is 5.69 Å². The second-order valence-electron chi connectivity index (χ2n) is 2.89. The van der Waals surface area contributed by atoms with Crippen LogP contribution in [-0.2, 0) is 0 Å². The molecule has 15 heavy (non-hydrogen) atoms. The van der Waals surface area contributed by atoms with Gasteiger partial charge in [-0.3, -0.25) is 9.78 Å². The van der Waals surface area contributed by atoms with Gasteiger partial charge in [-0.2, -0.15) is 0 Å². The molecular weight excluding hydrogens is 235 g/mol. The molecule has 0 saturated carbocycles. The zero-order valence-corrected chi connectivity index (χ0v) is 9.03. The van der Waals surface area contributed by atoms with Gasteiger partial charge < -0.3 is 4.57 Å². The third-order valence-corrected chi connectivity index (χ3v) is 2.48. The van der Waals surface area contributed by atoms with Crippen LogP contribution in [0.3, 0.4) is 0 Å². The molecule has 0 atom stereocenters. The minimum atomic E-state index is -0.210. The van der Waals surface area contributed by atoms with E-state index < -0.39 is 0 Å². The minimum absolute atomic E-state index is 0.158. The van der Waals surface area contributed by atoms with Crippen LogP contribution in [0, 0.1) is 0 Å². The molecule has 0 amide bonds. The second kappa shape index (κ2) is 4.04. The largest absolute Gasteiger partial charge is 0.321 e. The summed E-state index contributed by atoms with van der Waals surface area (Å²) in [6.07, 6.45) is 6.27. The molecule has 0 aliphatic heterocycles. The Morgan fingerprint density at radius 3 is 2.67 bits per heavy atom. The molecule has 0 radical (unpaired) electrons. The van der Waals surface area contributed by atoms with Crippen molar-refractivity contribution < 1.29 is 0 Å². The smallest absolute Gasteiger partial charge is 0.200 e. The highest BCUT2D eigenvalue weighted by Crippen LogP contribution is 2.18. The van der Waals surface area contributed by atoms with E-state index in [2.05, 4.69) is 4.98 Å². The number of halogens is 2. The van der Waals surface area contributed by atoms with Crippen LogP contribution in [0.15, 0.2) is 41.7 Å². The first-order chi connectivity index (χ1) is 7.18. The van der Waals surface area contributed by atoms with Crippen molar-refractivity contribution >= 4 is 23.2 Å². The molecule has 0 aliphatic carbocycles. The molecule has 0 bridgehead atoms. The van der Waals surface area contributed by atoms with Crippen molar-refractivity contribution in [3.8, 4) is 5.69 Å². The van der Waals surface area contributed by atoms with Crippen LogP contribution >= 0.6 is 23.2 Å². The van der Waals surface area contributed by atoms with Crippen LogP contribution in [0.5, 0.6) is 0 Å². The van der Waals surface area contributed by atoms with Crippen LogP contribution in [0.2, 0.25) is 10.0 Å². The van der Waals surface area contributed by atoms with Crippen molar-refractivity contribution in [3.05, 3.63) is 57.2 Å². The quantitative estimate of drug-likeness (QED) is 0.768. The first kappa shape index (κ1) is 10.2. The molecule has 3 nitrogen and oxygen atoms in total. The van der Waals surface area contributed by atoms with Gasteiger partial charge in [0.15, 0.2) is 5.43 Å². The van der Waals surface area contributed by atoms with Gasteiger partial charge in [-0.25, -0.2) is 0 Å². The SMILES string of the molecule is O=c1ccn(-c2ccncc2Cl)cc1Cl. The van der Waals surface area contributed by atoms with Gasteiger partial charge in [0.2, 0.25) is 0 Å². The lowest BCUT2D eigenvalue weighted by Gasteiger charge is -2.07. The van der Waals surface area contributed by atoms with Crippen LogP contribution in [0.25, 0.3) is 5.69 Å². The Labute approximate surface area is 95.9 Å². The van der Waals surface area contributed by atoms with E-state index in [9.17, 15) is 4.79 Å². The van der Waals surface area contributed by atoms with Gasteiger partial charge in [-0.05, 0) is 6.07 Å². The summed E-state index contributed by atoms with van der Waals surface area (Å²) in [6, 6.07) is 3.13. The predicted octanol–water partition coefficient (Wildman–Crippen LogP) is 2.54. The molecule has 0 aromatic carbocycles. The molecule has 2 aromatic rings. The summed E-state index contributed by atoms with van der Waals surface area (Å²) in [5.74, 6) is 0. The van der Waals surface area contributed by atoms with Crippen LogP contribution in [-0.4, -0.2) is 9.55 Å². The molecule has 5 heteroatoms. The molecule has 2 heterocycles. The summed E-state index contributed by atoms with van der Waals surface area (Å²) in [6.45, 7) is 0. The molecule has 2 aromatic heterocycles. The van der Waals surface area contributed by atoms with Crippen molar-refractivity contribution in [3.63, 3.8) is 0 Å². The molecular formula is C10H6Cl2N2O. The second-order valence-corrected chi connectivity index (χ2v) is 3.71. The Bertz CT molecular complexity index is 551. The molecule has 0 fully saturated rings. The van der Waals surface area contributed by atoms with Crippen LogP contribution in [0.4, 0.5) is 0 Å². The van der Waals surface area contributed by atoms with Gasteiger partial charge >= 0.3 is 0 Å². The standard InChI is InChI=1S/C10H6Cl2N2O/c11-7-5-13-3-1-9(7)14-4-2-10(15)8(12)6-14/h1-6H. The Morgan fingerprint density at radius 1 is 1.20 bits per heavy atom. The molecule has 0 saturated heterocycles. The van der Waals surface area contributed by atoms with Gasteiger partial charge in [0.1, 0.15) is 5.02 Å². The third kappa shape index (κ3) is 2.03. The highest BCUT2D eigenvalue weighted by molar-refractivity contribution is 6.32. The Morgan fingerprint density at radius 2 is 2.00 bits per heavy atom. The third-order valence-electron chi connectivity index (χ3n) is 1.90. The van der Waals surface area contributed by atoms with E-state index in [1.807, 2.05) is 0 Å². The zero-order valence-electron chi connectivity index (χ0n) is 7.52. The van der Waals surface area contributed by atoms with E-state index >= 15 is 0 Å². The van der Waals surface area contributed by atoms with Gasteiger partial charge in [0, 0.05) is 30.9 Å². The average molecular weight is 241 g/mol. The fourth-order valence-electron chi connectivity index (χ4n) is 1.18. The molecule has 0 spiro atoms. The van der Waals surface area contributed by atoms with E-state index in [1.54, 1.807) is 23.0 Å². The fourth-order valence-corrected chi connectivity index (χ4v) is 1.57. The van der Waals surface area contributed by atoms with Gasteiger partial charge in [0.05, 0.1) is 10.7 Å². The molecule has 0 unspecified atom stereocenters. The minimum Gasteiger partial charge on any atom is -0.321 e. The predicted molar refractivity (Wildman–Crippen MR) is 59.9 cm³/mol. The molecule has 76 valence electrons. The summed E-state index contributed by atoms with van der Waals surface area (Å²) in [4.78, 5) is 15.0. The number of rotatable bonds is 1. The van der Waals surface area contributed by atoms with E-state index in [0.29, 0.717) is 5.02 Å². The van der Waals surface area contributed by atoms with Gasteiger partial charge in [-0.15, -0.1) is 0 Å². The lowest BCUT2D eigenvalue weighted by molar-refractivity contribution is 1.03. The highest BCUT2D eigenvalue weighted by Gasteiger charge is 2.02. The maximum absolute atomic E-state index is 11.1. The number of hydrogen-bond donors (Lipinski definition) is 0.